The minimum absolute atomic E-state index is 0.167. The van der Waals surface area contributed by atoms with Crippen LogP contribution in [0.4, 0.5) is 10.1 Å². The summed E-state index contributed by atoms with van der Waals surface area (Å²) in [5, 5.41) is 3.29. The first-order chi connectivity index (χ1) is 9.01. The normalized spacial score (nSPS) is 12.5. The van der Waals surface area contributed by atoms with Crippen molar-refractivity contribution in [2.75, 3.05) is 18.0 Å². The molecule has 0 amide bonds. The van der Waals surface area contributed by atoms with E-state index in [0.717, 1.165) is 12.1 Å². The zero-order chi connectivity index (χ0) is 14.4. The van der Waals surface area contributed by atoms with Crippen LogP contribution in [0.1, 0.15) is 39.3 Å². The summed E-state index contributed by atoms with van der Waals surface area (Å²) >= 11 is 0. The van der Waals surface area contributed by atoms with Crippen LogP contribution in [0.25, 0.3) is 0 Å². The zero-order valence-corrected chi connectivity index (χ0v) is 12.4. The molecule has 0 aliphatic rings. The fraction of sp³-hybridized carbons (Fsp3) is 0.500. The summed E-state index contributed by atoms with van der Waals surface area (Å²) in [6.07, 6.45) is 1.80. The van der Waals surface area contributed by atoms with Crippen molar-refractivity contribution in [2.45, 2.75) is 39.8 Å². The highest BCUT2D eigenvalue weighted by molar-refractivity contribution is 5.50. The van der Waals surface area contributed by atoms with Crippen LogP contribution < -0.4 is 10.2 Å². The Labute approximate surface area is 116 Å². The summed E-state index contributed by atoms with van der Waals surface area (Å²) in [4.78, 5) is 2.00. The number of hydrogen-bond acceptors (Lipinski definition) is 2. The Hall–Kier alpha value is -1.35. The van der Waals surface area contributed by atoms with Crippen molar-refractivity contribution in [3.05, 3.63) is 42.2 Å². The number of hydrogen-bond donors (Lipinski definition) is 1. The van der Waals surface area contributed by atoms with Crippen molar-refractivity contribution in [1.82, 2.24) is 5.32 Å². The van der Waals surface area contributed by atoms with E-state index in [-0.39, 0.29) is 17.9 Å². The highest BCUT2D eigenvalue weighted by Crippen LogP contribution is 2.25. The molecule has 0 bridgehead atoms. The summed E-state index contributed by atoms with van der Waals surface area (Å²) in [6, 6.07) is 5.89. The molecule has 1 aromatic rings. The number of halogens is 1. The van der Waals surface area contributed by atoms with Gasteiger partial charge in [0.15, 0.2) is 0 Å². The first-order valence-electron chi connectivity index (χ1n) is 6.91. The van der Waals surface area contributed by atoms with Gasteiger partial charge in [-0.2, -0.15) is 0 Å². The fourth-order valence-corrected chi connectivity index (χ4v) is 2.18. The fourth-order valence-electron chi connectivity index (χ4n) is 2.18. The number of rotatable bonds is 7. The first kappa shape index (κ1) is 15.7. The third-order valence-electron chi connectivity index (χ3n) is 3.24. The molecule has 1 atom stereocenters. The lowest BCUT2D eigenvalue weighted by Crippen LogP contribution is -2.31. The Balaban J connectivity index is 3.01. The largest absolute Gasteiger partial charge is 0.363 e. The Kier molecular flexibility index (Phi) is 6.03. The molecule has 0 fully saturated rings. The average Bonchev–Trinajstić information content (AvgIpc) is 2.36. The van der Waals surface area contributed by atoms with Crippen LogP contribution in [0.2, 0.25) is 0 Å². The van der Waals surface area contributed by atoms with E-state index in [4.69, 9.17) is 0 Å². The van der Waals surface area contributed by atoms with Gasteiger partial charge in [0, 0.05) is 18.6 Å². The zero-order valence-electron chi connectivity index (χ0n) is 12.4. The van der Waals surface area contributed by atoms with Crippen molar-refractivity contribution in [1.29, 1.82) is 0 Å². The van der Waals surface area contributed by atoms with E-state index >= 15 is 0 Å². The molecule has 0 saturated heterocycles. The molecule has 1 N–H and O–H groups in total. The van der Waals surface area contributed by atoms with Crippen LogP contribution in [0, 0.1) is 5.82 Å². The maximum absolute atomic E-state index is 14.3. The molecular formula is C16H25FN2. The molecule has 0 saturated carbocycles. The van der Waals surface area contributed by atoms with E-state index in [0.29, 0.717) is 12.2 Å². The maximum atomic E-state index is 14.3. The van der Waals surface area contributed by atoms with E-state index in [2.05, 4.69) is 25.7 Å². The molecule has 106 valence electrons. The van der Waals surface area contributed by atoms with Gasteiger partial charge in [0.05, 0.1) is 5.69 Å². The Morgan fingerprint density at radius 3 is 2.53 bits per heavy atom. The second-order valence-electron chi connectivity index (χ2n) is 5.02. The molecule has 0 spiro atoms. The SMILES string of the molecule is C=CCN(c1ccc(C(C)NCC)cc1F)C(C)C. The van der Waals surface area contributed by atoms with Gasteiger partial charge in [0.2, 0.25) is 0 Å². The molecule has 3 heteroatoms. The van der Waals surface area contributed by atoms with E-state index < -0.39 is 0 Å². The summed E-state index contributed by atoms with van der Waals surface area (Å²) in [6.45, 7) is 13.5. The lowest BCUT2D eigenvalue weighted by molar-refractivity contribution is 0.577. The standard InChI is InChI=1S/C16H25FN2/c1-6-10-19(12(3)4)16-9-8-14(11-15(16)17)13(5)18-7-2/h6,8-9,11-13,18H,1,7,10H2,2-5H3. The van der Waals surface area contributed by atoms with E-state index in [1.807, 2.05) is 30.9 Å². The average molecular weight is 264 g/mol. The third-order valence-corrected chi connectivity index (χ3v) is 3.24. The second kappa shape index (κ2) is 7.29. The number of benzene rings is 1. The maximum Gasteiger partial charge on any atom is 0.146 e. The molecule has 1 rings (SSSR count). The Morgan fingerprint density at radius 2 is 2.05 bits per heavy atom. The minimum atomic E-state index is -0.169. The van der Waals surface area contributed by atoms with Crippen LogP contribution in [0.15, 0.2) is 30.9 Å². The summed E-state index contributed by atoms with van der Waals surface area (Å²) in [7, 11) is 0. The molecule has 2 nitrogen and oxygen atoms in total. The molecule has 1 unspecified atom stereocenters. The van der Waals surface area contributed by atoms with Crippen molar-refractivity contribution in [3.8, 4) is 0 Å². The Bertz CT molecular complexity index is 415. The molecular weight excluding hydrogens is 239 g/mol. The first-order valence-corrected chi connectivity index (χ1v) is 6.91. The lowest BCUT2D eigenvalue weighted by Gasteiger charge is -2.28. The van der Waals surface area contributed by atoms with Gasteiger partial charge >= 0.3 is 0 Å². The number of anilines is 1. The van der Waals surface area contributed by atoms with Gasteiger partial charge in [-0.25, -0.2) is 4.39 Å². The molecule has 19 heavy (non-hydrogen) atoms. The predicted octanol–water partition coefficient (Wildman–Crippen LogP) is 3.90. The van der Waals surface area contributed by atoms with Crippen molar-refractivity contribution in [3.63, 3.8) is 0 Å². The van der Waals surface area contributed by atoms with E-state index in [1.54, 1.807) is 12.1 Å². The monoisotopic (exact) mass is 264 g/mol. The van der Waals surface area contributed by atoms with Crippen LogP contribution >= 0.6 is 0 Å². The molecule has 0 aliphatic heterocycles. The third kappa shape index (κ3) is 4.06. The van der Waals surface area contributed by atoms with Gasteiger partial charge in [-0.15, -0.1) is 6.58 Å². The summed E-state index contributed by atoms with van der Waals surface area (Å²) in [5.41, 5.74) is 1.62. The van der Waals surface area contributed by atoms with Gasteiger partial charge in [-0.05, 0) is 45.0 Å². The van der Waals surface area contributed by atoms with Crippen LogP contribution in [0.3, 0.4) is 0 Å². The van der Waals surface area contributed by atoms with Crippen LogP contribution in [-0.2, 0) is 0 Å². The van der Waals surface area contributed by atoms with Gasteiger partial charge in [0.25, 0.3) is 0 Å². The summed E-state index contributed by atoms with van der Waals surface area (Å²) in [5.74, 6) is -0.169. The highest BCUT2D eigenvalue weighted by Gasteiger charge is 2.15. The predicted molar refractivity (Wildman–Crippen MR) is 81.2 cm³/mol. The number of nitrogens with zero attached hydrogens (tertiary/aromatic N) is 1. The van der Waals surface area contributed by atoms with Crippen molar-refractivity contribution in [2.24, 2.45) is 0 Å². The minimum Gasteiger partial charge on any atom is -0.363 e. The van der Waals surface area contributed by atoms with Crippen LogP contribution in [0.5, 0.6) is 0 Å². The Morgan fingerprint density at radius 1 is 1.37 bits per heavy atom. The van der Waals surface area contributed by atoms with Crippen LogP contribution in [-0.4, -0.2) is 19.1 Å². The van der Waals surface area contributed by atoms with E-state index in [1.165, 1.54) is 0 Å². The van der Waals surface area contributed by atoms with Gasteiger partial charge in [-0.1, -0.05) is 19.1 Å². The van der Waals surface area contributed by atoms with Gasteiger partial charge < -0.3 is 10.2 Å². The van der Waals surface area contributed by atoms with Crippen molar-refractivity contribution < 1.29 is 4.39 Å². The topological polar surface area (TPSA) is 15.3 Å². The molecule has 0 aromatic heterocycles. The lowest BCUT2D eigenvalue weighted by atomic mass is 10.1. The molecule has 0 aliphatic carbocycles. The smallest absolute Gasteiger partial charge is 0.146 e. The van der Waals surface area contributed by atoms with Gasteiger partial charge in [-0.3, -0.25) is 0 Å². The molecule has 1 aromatic carbocycles. The van der Waals surface area contributed by atoms with Gasteiger partial charge in [0.1, 0.15) is 5.82 Å². The summed E-state index contributed by atoms with van der Waals surface area (Å²) < 4.78 is 14.3. The number of nitrogens with one attached hydrogen (secondary N) is 1. The highest BCUT2D eigenvalue weighted by atomic mass is 19.1. The van der Waals surface area contributed by atoms with Crippen molar-refractivity contribution >= 4 is 5.69 Å². The second-order valence-corrected chi connectivity index (χ2v) is 5.02. The van der Waals surface area contributed by atoms with E-state index in [9.17, 15) is 4.39 Å². The molecule has 0 radical (unpaired) electrons. The quantitative estimate of drug-likeness (QED) is 0.751. The molecule has 0 heterocycles.